The number of amides is 1. The summed E-state index contributed by atoms with van der Waals surface area (Å²) in [6.07, 6.45) is 4.40. The maximum atomic E-state index is 11.2. The van der Waals surface area contributed by atoms with Gasteiger partial charge in [-0.05, 0) is 68.3 Å². The number of likely N-dealkylation sites (tertiary alicyclic amines) is 1. The lowest BCUT2D eigenvalue weighted by atomic mass is 10.1. The van der Waals surface area contributed by atoms with Gasteiger partial charge in [0.1, 0.15) is 11.5 Å². The fraction of sp³-hybridized carbons (Fsp3) is 0.304. The first-order chi connectivity index (χ1) is 14.0. The first kappa shape index (κ1) is 19.2. The minimum atomic E-state index is -0.442. The van der Waals surface area contributed by atoms with Gasteiger partial charge in [-0.15, -0.1) is 0 Å². The molecule has 0 radical (unpaired) electrons. The molecule has 0 bridgehead atoms. The largest absolute Gasteiger partial charge is 0.457 e. The zero-order chi connectivity index (χ0) is 20.4. The topological polar surface area (TPSA) is 73.4 Å². The monoisotopic (exact) mass is 390 g/mol. The molecule has 0 aliphatic carbocycles. The molecule has 150 valence electrons. The van der Waals surface area contributed by atoms with Crippen molar-refractivity contribution in [3.05, 3.63) is 77.1 Å². The van der Waals surface area contributed by atoms with E-state index >= 15 is 0 Å². The Hall–Kier alpha value is -3.12. The van der Waals surface area contributed by atoms with Crippen molar-refractivity contribution >= 4 is 5.91 Å². The van der Waals surface area contributed by atoms with Crippen molar-refractivity contribution in [2.45, 2.75) is 32.4 Å². The highest BCUT2D eigenvalue weighted by Crippen LogP contribution is 2.34. The van der Waals surface area contributed by atoms with Crippen LogP contribution in [0.4, 0.5) is 0 Å². The number of primary amides is 1. The lowest BCUT2D eigenvalue weighted by Gasteiger charge is -2.24. The van der Waals surface area contributed by atoms with E-state index in [0.717, 1.165) is 18.8 Å². The Labute approximate surface area is 170 Å². The fourth-order valence-electron chi connectivity index (χ4n) is 3.93. The number of aromatic nitrogens is 2. The molecule has 1 saturated heterocycles. The van der Waals surface area contributed by atoms with Crippen molar-refractivity contribution in [1.82, 2.24) is 14.7 Å². The van der Waals surface area contributed by atoms with Gasteiger partial charge in [0.25, 0.3) is 0 Å². The summed E-state index contributed by atoms with van der Waals surface area (Å²) in [5.74, 6) is 0.999. The van der Waals surface area contributed by atoms with Gasteiger partial charge in [0.2, 0.25) is 5.91 Å². The van der Waals surface area contributed by atoms with E-state index < -0.39 is 5.91 Å². The van der Waals surface area contributed by atoms with Crippen molar-refractivity contribution in [3.63, 3.8) is 0 Å². The minimum absolute atomic E-state index is 0.434. The molecule has 4 rings (SSSR count). The molecule has 1 fully saturated rings. The highest BCUT2D eigenvalue weighted by molar-refractivity contribution is 5.92. The van der Waals surface area contributed by atoms with Gasteiger partial charge >= 0.3 is 0 Å². The number of benzene rings is 2. The summed E-state index contributed by atoms with van der Waals surface area (Å²) in [6, 6.07) is 15.5. The molecular formula is C23H26N4O2. The molecule has 2 heterocycles. The van der Waals surface area contributed by atoms with Crippen LogP contribution in [0, 0.1) is 6.92 Å². The van der Waals surface area contributed by atoms with Gasteiger partial charge < -0.3 is 10.5 Å². The van der Waals surface area contributed by atoms with Gasteiger partial charge in [-0.2, -0.15) is 5.10 Å². The van der Waals surface area contributed by atoms with Gasteiger partial charge in [-0.1, -0.05) is 12.1 Å². The Kier molecular flexibility index (Phi) is 5.36. The zero-order valence-corrected chi connectivity index (χ0v) is 16.8. The van der Waals surface area contributed by atoms with Crippen molar-refractivity contribution in [2.24, 2.45) is 12.8 Å². The second-order valence-electron chi connectivity index (χ2n) is 7.57. The lowest BCUT2D eigenvalue weighted by molar-refractivity contribution is 0.100. The Morgan fingerprint density at radius 3 is 2.38 bits per heavy atom. The van der Waals surface area contributed by atoms with Crippen LogP contribution < -0.4 is 10.5 Å². The van der Waals surface area contributed by atoms with Crippen LogP contribution in [0.5, 0.6) is 11.5 Å². The van der Waals surface area contributed by atoms with Crippen molar-refractivity contribution in [1.29, 1.82) is 0 Å². The molecule has 29 heavy (non-hydrogen) atoms. The number of carbonyl (C=O) groups is 1. The standard InChI is InChI=1S/C23H26N4O2/c1-16-21(14-25-26(16)2)22-4-3-13-27(22)15-17-5-9-19(10-6-17)29-20-11-7-18(8-12-20)23(24)28/h5-12,14,22H,3-4,13,15H2,1-2H3,(H2,24,28)/t22-/m0/s1. The van der Waals surface area contributed by atoms with Crippen LogP contribution in [0.3, 0.4) is 0 Å². The maximum Gasteiger partial charge on any atom is 0.248 e. The van der Waals surface area contributed by atoms with Crippen LogP contribution in [0.1, 0.15) is 46.1 Å². The quantitative estimate of drug-likeness (QED) is 0.691. The Morgan fingerprint density at radius 1 is 1.14 bits per heavy atom. The van der Waals surface area contributed by atoms with Crippen molar-refractivity contribution in [2.75, 3.05) is 6.54 Å². The van der Waals surface area contributed by atoms with Gasteiger partial charge in [0.05, 0.1) is 6.20 Å². The van der Waals surface area contributed by atoms with E-state index in [1.54, 1.807) is 24.3 Å². The number of carbonyl (C=O) groups excluding carboxylic acids is 1. The molecule has 1 atom stereocenters. The van der Waals surface area contributed by atoms with Crippen LogP contribution in [0.25, 0.3) is 0 Å². The molecule has 6 nitrogen and oxygen atoms in total. The Morgan fingerprint density at radius 2 is 1.79 bits per heavy atom. The number of nitrogens with two attached hydrogens (primary N) is 1. The number of aryl methyl sites for hydroxylation is 1. The molecule has 3 aromatic rings. The molecular weight excluding hydrogens is 364 g/mol. The van der Waals surface area contributed by atoms with Gasteiger partial charge in [-0.3, -0.25) is 14.4 Å². The van der Waals surface area contributed by atoms with Gasteiger partial charge in [0.15, 0.2) is 0 Å². The number of rotatable bonds is 6. The van der Waals surface area contributed by atoms with Crippen LogP contribution in [0.2, 0.25) is 0 Å². The molecule has 1 amide bonds. The second-order valence-corrected chi connectivity index (χ2v) is 7.57. The first-order valence-corrected chi connectivity index (χ1v) is 9.90. The van der Waals surface area contributed by atoms with E-state index in [9.17, 15) is 4.79 Å². The highest BCUT2D eigenvalue weighted by atomic mass is 16.5. The summed E-state index contributed by atoms with van der Waals surface area (Å²) in [6.45, 7) is 4.15. The normalized spacial score (nSPS) is 16.8. The van der Waals surface area contributed by atoms with E-state index in [1.165, 1.54) is 29.7 Å². The van der Waals surface area contributed by atoms with Crippen LogP contribution in [-0.2, 0) is 13.6 Å². The van der Waals surface area contributed by atoms with E-state index in [1.807, 2.05) is 30.1 Å². The molecule has 6 heteroatoms. The molecule has 1 aliphatic rings. The van der Waals surface area contributed by atoms with Crippen molar-refractivity contribution < 1.29 is 9.53 Å². The summed E-state index contributed by atoms with van der Waals surface area (Å²) in [4.78, 5) is 13.7. The maximum absolute atomic E-state index is 11.2. The van der Waals surface area contributed by atoms with Crippen LogP contribution in [-0.4, -0.2) is 27.1 Å². The lowest BCUT2D eigenvalue weighted by Crippen LogP contribution is -2.23. The summed E-state index contributed by atoms with van der Waals surface area (Å²) >= 11 is 0. The van der Waals surface area contributed by atoms with E-state index in [0.29, 0.717) is 17.4 Å². The van der Waals surface area contributed by atoms with Gasteiger partial charge in [-0.25, -0.2) is 0 Å². The van der Waals surface area contributed by atoms with E-state index in [-0.39, 0.29) is 0 Å². The van der Waals surface area contributed by atoms with Crippen LogP contribution >= 0.6 is 0 Å². The molecule has 2 N–H and O–H groups in total. The SMILES string of the molecule is Cc1c([C@@H]2CCCN2Cc2ccc(Oc3ccc(C(N)=O)cc3)cc2)cnn1C. The molecule has 0 unspecified atom stereocenters. The minimum Gasteiger partial charge on any atom is -0.457 e. The predicted octanol–water partition coefficient (Wildman–Crippen LogP) is 3.96. The van der Waals surface area contributed by atoms with Crippen LogP contribution in [0.15, 0.2) is 54.7 Å². The Bertz CT molecular complexity index is 993. The van der Waals surface area contributed by atoms with E-state index in [2.05, 4.69) is 29.1 Å². The molecule has 0 saturated carbocycles. The van der Waals surface area contributed by atoms with Gasteiger partial charge in [0, 0.05) is 36.5 Å². The van der Waals surface area contributed by atoms with E-state index in [4.69, 9.17) is 10.5 Å². The second kappa shape index (κ2) is 8.09. The third-order valence-electron chi connectivity index (χ3n) is 5.68. The average Bonchev–Trinajstić information content (AvgIpc) is 3.30. The first-order valence-electron chi connectivity index (χ1n) is 9.90. The highest BCUT2D eigenvalue weighted by Gasteiger charge is 2.28. The molecule has 1 aliphatic heterocycles. The summed E-state index contributed by atoms with van der Waals surface area (Å²) in [5.41, 5.74) is 9.58. The molecule has 2 aromatic carbocycles. The third-order valence-corrected chi connectivity index (χ3v) is 5.68. The smallest absolute Gasteiger partial charge is 0.248 e. The number of nitrogens with zero attached hydrogens (tertiary/aromatic N) is 3. The van der Waals surface area contributed by atoms with Crippen molar-refractivity contribution in [3.8, 4) is 11.5 Å². The molecule has 0 spiro atoms. The Balaban J connectivity index is 1.41. The average molecular weight is 390 g/mol. The summed E-state index contributed by atoms with van der Waals surface area (Å²) < 4.78 is 7.82. The third kappa shape index (κ3) is 4.17. The number of ether oxygens (including phenoxy) is 1. The predicted molar refractivity (Wildman–Crippen MR) is 112 cm³/mol. The molecule has 1 aromatic heterocycles. The zero-order valence-electron chi connectivity index (χ0n) is 16.8. The number of hydrogen-bond acceptors (Lipinski definition) is 4. The fourth-order valence-corrected chi connectivity index (χ4v) is 3.93. The number of hydrogen-bond donors (Lipinski definition) is 1. The summed E-state index contributed by atoms with van der Waals surface area (Å²) in [5, 5.41) is 4.42. The summed E-state index contributed by atoms with van der Waals surface area (Å²) in [7, 11) is 2.00.